The summed E-state index contributed by atoms with van der Waals surface area (Å²) >= 11 is 9.83. The summed E-state index contributed by atoms with van der Waals surface area (Å²) in [5.74, 6) is 1.81. The first-order valence-electron chi connectivity index (χ1n) is 11.0. The van der Waals surface area contributed by atoms with E-state index in [2.05, 4.69) is 38.3 Å². The number of amides is 1. The molecule has 0 spiro atoms. The summed E-state index contributed by atoms with van der Waals surface area (Å²) < 4.78 is 1.19. The molecule has 0 radical (unpaired) electrons. The number of carbonyl (C=O) groups is 1. The molecule has 5 heteroatoms. The zero-order valence-electron chi connectivity index (χ0n) is 17.1. The Morgan fingerprint density at radius 2 is 1.86 bits per heavy atom. The maximum atomic E-state index is 11.5. The Labute approximate surface area is 183 Å². The third-order valence-electron chi connectivity index (χ3n) is 6.61. The fraction of sp³-hybridized carbons (Fsp3) is 0.696. The maximum absolute atomic E-state index is 11.5. The van der Waals surface area contributed by atoms with Crippen molar-refractivity contribution in [3.05, 3.63) is 33.3 Å². The van der Waals surface area contributed by atoms with Crippen LogP contribution in [0.1, 0.15) is 63.9 Å². The lowest BCUT2D eigenvalue weighted by atomic mass is 9.83. The predicted octanol–water partition coefficient (Wildman–Crippen LogP) is 5.83. The third-order valence-corrected chi connectivity index (χ3v) is 7.62. The highest BCUT2D eigenvalue weighted by Gasteiger charge is 2.24. The van der Waals surface area contributed by atoms with Crippen molar-refractivity contribution < 1.29 is 4.79 Å². The highest BCUT2D eigenvalue weighted by Crippen LogP contribution is 2.30. The van der Waals surface area contributed by atoms with Crippen molar-refractivity contribution >= 4 is 33.4 Å². The SMILES string of the molecule is CCC(=O)N[C@H]1CC[C@H](CCN2CCC(Cc3cc(Cl)ccc3Br)CC2)CC1. The smallest absolute Gasteiger partial charge is 0.219 e. The lowest BCUT2D eigenvalue weighted by Gasteiger charge is -2.34. The molecule has 1 aromatic rings. The summed E-state index contributed by atoms with van der Waals surface area (Å²) in [4.78, 5) is 14.2. The normalized spacial score (nSPS) is 24.2. The van der Waals surface area contributed by atoms with Gasteiger partial charge in [-0.25, -0.2) is 0 Å². The first kappa shape index (κ1) is 22.1. The molecule has 1 saturated heterocycles. The van der Waals surface area contributed by atoms with E-state index in [9.17, 15) is 4.79 Å². The van der Waals surface area contributed by atoms with Crippen molar-refractivity contribution in [3.8, 4) is 0 Å². The first-order chi connectivity index (χ1) is 13.5. The third kappa shape index (κ3) is 6.74. The van der Waals surface area contributed by atoms with Crippen molar-refractivity contribution in [2.45, 2.75) is 70.8 Å². The fourth-order valence-electron chi connectivity index (χ4n) is 4.72. The second-order valence-electron chi connectivity index (χ2n) is 8.65. The summed E-state index contributed by atoms with van der Waals surface area (Å²) in [6, 6.07) is 6.54. The molecule has 0 atom stereocenters. The Morgan fingerprint density at radius 3 is 2.54 bits per heavy atom. The molecule has 1 aliphatic carbocycles. The van der Waals surface area contributed by atoms with E-state index in [1.54, 1.807) is 0 Å². The molecule has 28 heavy (non-hydrogen) atoms. The number of hydrogen-bond acceptors (Lipinski definition) is 2. The Bertz CT molecular complexity index is 637. The molecular weight excluding hydrogens is 436 g/mol. The largest absolute Gasteiger partial charge is 0.353 e. The number of likely N-dealkylation sites (tertiary alicyclic amines) is 1. The number of nitrogens with zero attached hydrogens (tertiary/aromatic N) is 1. The summed E-state index contributed by atoms with van der Waals surface area (Å²) in [6.45, 7) is 5.62. The van der Waals surface area contributed by atoms with E-state index in [1.165, 1.54) is 61.8 Å². The average Bonchev–Trinajstić information content (AvgIpc) is 2.71. The van der Waals surface area contributed by atoms with Crippen molar-refractivity contribution in [2.24, 2.45) is 11.8 Å². The van der Waals surface area contributed by atoms with Gasteiger partial charge in [0.2, 0.25) is 5.91 Å². The molecule has 1 heterocycles. The number of carbonyl (C=O) groups excluding carboxylic acids is 1. The van der Waals surface area contributed by atoms with Crippen LogP contribution in [-0.4, -0.2) is 36.5 Å². The minimum atomic E-state index is 0.205. The van der Waals surface area contributed by atoms with Crippen LogP contribution in [0.3, 0.4) is 0 Å². The topological polar surface area (TPSA) is 32.3 Å². The summed E-state index contributed by atoms with van der Waals surface area (Å²) in [5.41, 5.74) is 1.35. The fourth-order valence-corrected chi connectivity index (χ4v) is 5.32. The lowest BCUT2D eigenvalue weighted by molar-refractivity contribution is -0.121. The van der Waals surface area contributed by atoms with Gasteiger partial charge in [0.25, 0.3) is 0 Å². The van der Waals surface area contributed by atoms with Crippen LogP contribution in [0.5, 0.6) is 0 Å². The zero-order chi connectivity index (χ0) is 19.9. The van der Waals surface area contributed by atoms with Crippen molar-refractivity contribution in [2.75, 3.05) is 19.6 Å². The molecule has 0 unspecified atom stereocenters. The van der Waals surface area contributed by atoms with Crippen molar-refractivity contribution in [3.63, 3.8) is 0 Å². The van der Waals surface area contributed by atoms with E-state index in [4.69, 9.17) is 11.6 Å². The molecule has 3 nitrogen and oxygen atoms in total. The van der Waals surface area contributed by atoms with Gasteiger partial charge in [-0.05, 0) is 107 Å². The lowest BCUT2D eigenvalue weighted by Crippen LogP contribution is -2.38. The van der Waals surface area contributed by atoms with Crippen LogP contribution in [0.15, 0.2) is 22.7 Å². The van der Waals surface area contributed by atoms with Gasteiger partial charge in [-0.1, -0.05) is 34.5 Å². The van der Waals surface area contributed by atoms with Crippen LogP contribution >= 0.6 is 27.5 Å². The van der Waals surface area contributed by atoms with Gasteiger partial charge in [0.05, 0.1) is 0 Å². The monoisotopic (exact) mass is 468 g/mol. The van der Waals surface area contributed by atoms with Gasteiger partial charge in [0, 0.05) is 22.0 Å². The van der Waals surface area contributed by atoms with Crippen LogP contribution in [0.25, 0.3) is 0 Å². The number of hydrogen-bond donors (Lipinski definition) is 1. The molecular formula is C23H34BrClN2O. The number of piperidine rings is 1. The second-order valence-corrected chi connectivity index (χ2v) is 9.94. The van der Waals surface area contributed by atoms with E-state index in [1.807, 2.05) is 13.0 Å². The highest BCUT2D eigenvalue weighted by molar-refractivity contribution is 9.10. The minimum Gasteiger partial charge on any atom is -0.353 e. The molecule has 2 fully saturated rings. The van der Waals surface area contributed by atoms with E-state index < -0.39 is 0 Å². The summed E-state index contributed by atoms with van der Waals surface area (Å²) in [5, 5.41) is 4.00. The van der Waals surface area contributed by atoms with Gasteiger partial charge < -0.3 is 10.2 Å². The molecule has 2 aliphatic rings. The molecule has 1 aromatic carbocycles. The standard InChI is InChI=1S/C23H34BrClN2O/c1-2-23(28)26-21-6-3-17(4-7-21)9-12-27-13-10-18(11-14-27)15-19-16-20(25)5-8-22(19)24/h5,8,16-18,21H,2-4,6-7,9-15H2,1H3,(H,26,28)/t17-,21-. The Morgan fingerprint density at radius 1 is 1.14 bits per heavy atom. The van der Waals surface area contributed by atoms with E-state index >= 15 is 0 Å². The maximum Gasteiger partial charge on any atom is 0.219 e. The van der Waals surface area contributed by atoms with Crippen LogP contribution in [0, 0.1) is 11.8 Å². The minimum absolute atomic E-state index is 0.205. The Kier molecular flexibility index (Phi) is 8.68. The number of benzene rings is 1. The number of nitrogens with one attached hydrogen (secondary N) is 1. The first-order valence-corrected chi connectivity index (χ1v) is 12.2. The molecule has 1 amide bonds. The van der Waals surface area contributed by atoms with Crippen LogP contribution in [-0.2, 0) is 11.2 Å². The molecule has 3 rings (SSSR count). The predicted molar refractivity (Wildman–Crippen MR) is 121 cm³/mol. The summed E-state index contributed by atoms with van der Waals surface area (Å²) in [6.07, 6.45) is 10.5. The second kappa shape index (κ2) is 11.0. The zero-order valence-corrected chi connectivity index (χ0v) is 19.4. The molecule has 1 saturated carbocycles. The molecule has 0 bridgehead atoms. The number of rotatable bonds is 7. The molecule has 0 aromatic heterocycles. The van der Waals surface area contributed by atoms with Gasteiger partial charge in [0.15, 0.2) is 0 Å². The van der Waals surface area contributed by atoms with E-state index in [0.29, 0.717) is 12.5 Å². The van der Waals surface area contributed by atoms with Crippen LogP contribution < -0.4 is 5.32 Å². The number of halogens is 2. The van der Waals surface area contributed by atoms with E-state index in [-0.39, 0.29) is 5.91 Å². The van der Waals surface area contributed by atoms with Gasteiger partial charge >= 0.3 is 0 Å². The average molecular weight is 470 g/mol. The van der Waals surface area contributed by atoms with Gasteiger partial charge in [0.1, 0.15) is 0 Å². The highest BCUT2D eigenvalue weighted by atomic mass is 79.9. The van der Waals surface area contributed by atoms with Crippen molar-refractivity contribution in [1.82, 2.24) is 10.2 Å². The van der Waals surface area contributed by atoms with Gasteiger partial charge in [-0.2, -0.15) is 0 Å². The van der Waals surface area contributed by atoms with Crippen LogP contribution in [0.4, 0.5) is 0 Å². The van der Waals surface area contributed by atoms with Crippen LogP contribution in [0.2, 0.25) is 5.02 Å². The van der Waals surface area contributed by atoms with Gasteiger partial charge in [-0.15, -0.1) is 0 Å². The Hall–Kier alpha value is -0.580. The quantitative estimate of drug-likeness (QED) is 0.544. The molecule has 1 N–H and O–H groups in total. The Balaban J connectivity index is 1.33. The molecule has 156 valence electrons. The van der Waals surface area contributed by atoms with Crippen molar-refractivity contribution in [1.29, 1.82) is 0 Å². The van der Waals surface area contributed by atoms with Gasteiger partial charge in [-0.3, -0.25) is 4.79 Å². The summed E-state index contributed by atoms with van der Waals surface area (Å²) in [7, 11) is 0. The molecule has 1 aliphatic heterocycles. The van der Waals surface area contributed by atoms with E-state index in [0.717, 1.165) is 36.1 Å².